The molecule has 0 radical (unpaired) electrons. The van der Waals surface area contributed by atoms with Gasteiger partial charge in [0.2, 0.25) is 6.71 Å². The molecule has 0 N–H and O–H groups in total. The van der Waals surface area contributed by atoms with E-state index in [0.29, 0.717) is 0 Å². The van der Waals surface area contributed by atoms with Gasteiger partial charge < -0.3 is 9.30 Å². The van der Waals surface area contributed by atoms with Gasteiger partial charge in [0.1, 0.15) is 0 Å². The van der Waals surface area contributed by atoms with Crippen molar-refractivity contribution in [2.75, 3.05) is 4.90 Å². The Bertz CT molecular complexity index is 2850. The highest BCUT2D eigenvalue weighted by molar-refractivity contribution is 7.00. The van der Waals surface area contributed by atoms with Gasteiger partial charge in [-0.1, -0.05) is 150 Å². The van der Waals surface area contributed by atoms with Gasteiger partial charge in [-0.25, -0.2) is 0 Å². The van der Waals surface area contributed by atoms with Crippen molar-refractivity contribution in [3.8, 4) is 11.1 Å². The predicted molar refractivity (Wildman–Crippen MR) is 230 cm³/mol. The molecule has 2 nitrogen and oxygen atoms in total. The maximum atomic E-state index is 2.63. The highest BCUT2D eigenvalue weighted by atomic mass is 15.2. The van der Waals surface area contributed by atoms with Gasteiger partial charge in [0.05, 0.1) is 16.6 Å². The largest absolute Gasteiger partial charge is 0.311 e. The standard InChI is InChI=1S/C50H43BN2/c1-49(2,3)33-25-27-43-38(29-33)40-31-34(50(4,5)6)30-39-37-26-28-45-46(48(37)53(43)47(39)40)51(41-22-14-13-21-36(41)32-17-9-7-10-18-32)42-23-15-16-24-44(42)52(45)35-19-11-8-12-20-35/h7-31H,1-6H3. The molecule has 0 atom stereocenters. The van der Waals surface area contributed by atoms with Crippen LogP contribution in [0.4, 0.5) is 17.1 Å². The van der Waals surface area contributed by atoms with E-state index >= 15 is 0 Å². The molecule has 7 aromatic carbocycles. The first-order valence-corrected chi connectivity index (χ1v) is 19.0. The van der Waals surface area contributed by atoms with E-state index in [2.05, 4.69) is 203 Å². The van der Waals surface area contributed by atoms with Crippen LogP contribution < -0.4 is 21.3 Å². The van der Waals surface area contributed by atoms with Crippen molar-refractivity contribution in [1.82, 2.24) is 4.40 Å². The number of para-hydroxylation sites is 2. The number of fused-ring (bicyclic) bond motifs is 9. The maximum Gasteiger partial charge on any atom is 0.250 e. The molecule has 1 aliphatic rings. The number of aromatic nitrogens is 1. The first-order valence-electron chi connectivity index (χ1n) is 19.0. The molecule has 10 rings (SSSR count). The number of rotatable bonds is 3. The van der Waals surface area contributed by atoms with Crippen molar-refractivity contribution in [2.45, 2.75) is 52.4 Å². The zero-order valence-corrected chi connectivity index (χ0v) is 31.4. The lowest BCUT2D eigenvalue weighted by atomic mass is 9.34. The van der Waals surface area contributed by atoms with Crippen LogP contribution in [0.25, 0.3) is 49.2 Å². The van der Waals surface area contributed by atoms with E-state index in [4.69, 9.17) is 0 Å². The third kappa shape index (κ3) is 4.73. The highest BCUT2D eigenvalue weighted by Gasteiger charge is 2.39. The third-order valence-corrected chi connectivity index (χ3v) is 11.7. The zero-order chi connectivity index (χ0) is 36.2. The molecule has 0 unspecified atom stereocenters. The molecule has 0 saturated carbocycles. The summed E-state index contributed by atoms with van der Waals surface area (Å²) in [5, 5.41) is 5.32. The highest BCUT2D eigenvalue weighted by Crippen LogP contribution is 2.45. The quantitative estimate of drug-likeness (QED) is 0.168. The Morgan fingerprint density at radius 1 is 0.453 bits per heavy atom. The summed E-state index contributed by atoms with van der Waals surface area (Å²) >= 11 is 0. The van der Waals surface area contributed by atoms with E-state index in [0.717, 1.165) is 0 Å². The van der Waals surface area contributed by atoms with Crippen molar-refractivity contribution >= 4 is 78.3 Å². The van der Waals surface area contributed by atoms with Crippen molar-refractivity contribution in [3.05, 3.63) is 163 Å². The molecule has 1 aliphatic heterocycles. The minimum atomic E-state index is -0.00901. The Morgan fingerprint density at radius 2 is 1.06 bits per heavy atom. The van der Waals surface area contributed by atoms with Crippen molar-refractivity contribution < 1.29 is 0 Å². The van der Waals surface area contributed by atoms with E-state index in [1.807, 2.05) is 0 Å². The van der Waals surface area contributed by atoms with Gasteiger partial charge >= 0.3 is 0 Å². The van der Waals surface area contributed by atoms with Crippen LogP contribution in [0, 0.1) is 0 Å². The van der Waals surface area contributed by atoms with Crippen LogP contribution in [0.15, 0.2) is 152 Å². The van der Waals surface area contributed by atoms with Gasteiger partial charge in [0, 0.05) is 38.6 Å². The molecule has 256 valence electrons. The van der Waals surface area contributed by atoms with Gasteiger partial charge in [0.25, 0.3) is 0 Å². The molecule has 2 aromatic heterocycles. The number of hydrogen-bond donors (Lipinski definition) is 0. The SMILES string of the molecule is CC(C)(C)c1ccc2c(c1)c1cc(C(C)(C)C)cc3c4ccc5c(c4n2c13)B(c1ccccc1-c1ccccc1)c1ccccc1N5c1ccccc1. The normalized spacial score (nSPS) is 13.4. The summed E-state index contributed by atoms with van der Waals surface area (Å²) in [6.45, 7) is 14.0. The topological polar surface area (TPSA) is 7.65 Å². The summed E-state index contributed by atoms with van der Waals surface area (Å²) in [5.41, 5.74) is 16.8. The second kappa shape index (κ2) is 11.4. The minimum absolute atomic E-state index is 0.00206. The number of nitrogens with zero attached hydrogens (tertiary/aromatic N) is 2. The van der Waals surface area contributed by atoms with E-state index < -0.39 is 0 Å². The molecule has 9 aromatic rings. The molecular weight excluding hydrogens is 639 g/mol. The van der Waals surface area contributed by atoms with Crippen LogP contribution in [0.5, 0.6) is 0 Å². The second-order valence-electron chi connectivity index (χ2n) is 17.0. The van der Waals surface area contributed by atoms with E-state index in [1.54, 1.807) is 0 Å². The molecule has 0 fully saturated rings. The Morgan fingerprint density at radius 3 is 1.77 bits per heavy atom. The average molecular weight is 683 g/mol. The van der Waals surface area contributed by atoms with Crippen LogP contribution in [0.1, 0.15) is 52.7 Å². The number of benzene rings is 7. The zero-order valence-electron chi connectivity index (χ0n) is 31.4. The van der Waals surface area contributed by atoms with Gasteiger partial charge in [-0.15, -0.1) is 0 Å². The molecular formula is C50H43BN2. The van der Waals surface area contributed by atoms with Gasteiger partial charge in [-0.3, -0.25) is 0 Å². The molecule has 0 aliphatic carbocycles. The molecule has 3 heterocycles. The van der Waals surface area contributed by atoms with Crippen LogP contribution in [0.2, 0.25) is 0 Å². The van der Waals surface area contributed by atoms with Crippen molar-refractivity contribution in [2.24, 2.45) is 0 Å². The van der Waals surface area contributed by atoms with Crippen molar-refractivity contribution in [1.29, 1.82) is 0 Å². The minimum Gasteiger partial charge on any atom is -0.311 e. The Kier molecular flexibility index (Phi) is 6.83. The lowest BCUT2D eigenvalue weighted by molar-refractivity contribution is 0.590. The predicted octanol–water partition coefficient (Wildman–Crippen LogP) is 11.4. The maximum absolute atomic E-state index is 2.63. The van der Waals surface area contributed by atoms with Crippen molar-refractivity contribution in [3.63, 3.8) is 0 Å². The fourth-order valence-electron chi connectivity index (χ4n) is 9.05. The molecule has 0 saturated heterocycles. The summed E-state index contributed by atoms with van der Waals surface area (Å²) in [5.74, 6) is 0. The Hall–Kier alpha value is -5.80. The smallest absolute Gasteiger partial charge is 0.250 e. The fraction of sp³-hybridized carbons (Fsp3) is 0.160. The second-order valence-corrected chi connectivity index (χ2v) is 17.0. The van der Waals surface area contributed by atoms with Gasteiger partial charge in [-0.05, 0) is 92.5 Å². The van der Waals surface area contributed by atoms with Gasteiger partial charge in [0.15, 0.2) is 0 Å². The summed E-state index contributed by atoms with van der Waals surface area (Å²) in [6.07, 6.45) is 0. The Balaban J connectivity index is 1.42. The van der Waals surface area contributed by atoms with Gasteiger partial charge in [-0.2, -0.15) is 0 Å². The van der Waals surface area contributed by atoms with Crippen LogP contribution in [-0.4, -0.2) is 11.1 Å². The first-order chi connectivity index (χ1) is 25.6. The molecule has 53 heavy (non-hydrogen) atoms. The van der Waals surface area contributed by atoms with E-state index in [1.165, 1.54) is 93.8 Å². The molecule has 0 amide bonds. The molecule has 0 spiro atoms. The summed E-state index contributed by atoms with van der Waals surface area (Å²) < 4.78 is 2.63. The summed E-state index contributed by atoms with van der Waals surface area (Å²) in [6, 6.07) is 57.0. The lowest BCUT2D eigenvalue weighted by Crippen LogP contribution is -2.58. The molecule has 3 heteroatoms. The number of anilines is 3. The number of hydrogen-bond acceptors (Lipinski definition) is 1. The first kappa shape index (κ1) is 31.9. The summed E-state index contributed by atoms with van der Waals surface area (Å²) in [4.78, 5) is 2.50. The van der Waals surface area contributed by atoms with E-state index in [9.17, 15) is 0 Å². The van der Waals surface area contributed by atoms with Crippen LogP contribution in [-0.2, 0) is 10.8 Å². The van der Waals surface area contributed by atoms with Crippen LogP contribution >= 0.6 is 0 Å². The van der Waals surface area contributed by atoms with E-state index in [-0.39, 0.29) is 17.5 Å². The monoisotopic (exact) mass is 682 g/mol. The lowest BCUT2D eigenvalue weighted by Gasteiger charge is -2.38. The fourth-order valence-corrected chi connectivity index (χ4v) is 9.05. The molecule has 0 bridgehead atoms. The Labute approximate surface area is 312 Å². The third-order valence-electron chi connectivity index (χ3n) is 11.7. The average Bonchev–Trinajstić information content (AvgIpc) is 3.68. The van der Waals surface area contributed by atoms with Crippen LogP contribution in [0.3, 0.4) is 0 Å². The summed E-state index contributed by atoms with van der Waals surface area (Å²) in [7, 11) is 0.